The quantitative estimate of drug-likeness (QED) is 0.775. The summed E-state index contributed by atoms with van der Waals surface area (Å²) in [6.07, 6.45) is 2.52. The van der Waals surface area contributed by atoms with Crippen LogP contribution in [0.2, 0.25) is 5.02 Å². The summed E-state index contributed by atoms with van der Waals surface area (Å²) in [4.78, 5) is 10.6. The third-order valence-electron chi connectivity index (χ3n) is 2.93. The van der Waals surface area contributed by atoms with Gasteiger partial charge in [-0.1, -0.05) is 60.3 Å². The Labute approximate surface area is 129 Å². The summed E-state index contributed by atoms with van der Waals surface area (Å²) >= 11 is 17.1. The van der Waals surface area contributed by atoms with Crippen molar-refractivity contribution < 1.29 is 4.79 Å². The third kappa shape index (κ3) is 5.60. The predicted molar refractivity (Wildman–Crippen MR) is 82.1 cm³/mol. The van der Waals surface area contributed by atoms with Crippen LogP contribution in [0, 0.1) is 0 Å². The number of carbonyl (C=O) groups excluding carboxylic acids is 1. The van der Waals surface area contributed by atoms with Crippen molar-refractivity contribution in [2.45, 2.75) is 43.5 Å². The molecular formula is C14H18Cl3NO. The average Bonchev–Trinajstić information content (AvgIpc) is 2.32. The lowest BCUT2D eigenvalue weighted by molar-refractivity contribution is -0.121. The molecule has 0 spiro atoms. The van der Waals surface area contributed by atoms with Crippen LogP contribution >= 0.6 is 34.8 Å². The lowest BCUT2D eigenvalue weighted by Gasteiger charge is -2.31. The highest BCUT2D eigenvalue weighted by molar-refractivity contribution is 6.53. The summed E-state index contributed by atoms with van der Waals surface area (Å²) in [7, 11) is 0. The summed E-state index contributed by atoms with van der Waals surface area (Å²) in [5.74, 6) is -0.353. The summed E-state index contributed by atoms with van der Waals surface area (Å²) in [6, 6.07) is 7.61. The average molecular weight is 323 g/mol. The van der Waals surface area contributed by atoms with Gasteiger partial charge in [0.25, 0.3) is 5.91 Å². The van der Waals surface area contributed by atoms with Crippen LogP contribution in [0.25, 0.3) is 0 Å². The first-order valence-corrected chi connectivity index (χ1v) is 7.46. The van der Waals surface area contributed by atoms with Gasteiger partial charge < -0.3 is 5.32 Å². The second kappa shape index (κ2) is 7.37. The molecular weight excluding hydrogens is 305 g/mol. The van der Waals surface area contributed by atoms with E-state index >= 15 is 0 Å². The van der Waals surface area contributed by atoms with Crippen LogP contribution in [0.4, 0.5) is 0 Å². The Morgan fingerprint density at radius 2 is 1.89 bits per heavy atom. The van der Waals surface area contributed by atoms with Crippen LogP contribution < -0.4 is 5.32 Å². The van der Waals surface area contributed by atoms with Crippen LogP contribution in [-0.4, -0.2) is 16.3 Å². The van der Waals surface area contributed by atoms with E-state index in [1.807, 2.05) is 31.2 Å². The van der Waals surface area contributed by atoms with Gasteiger partial charge in [-0.05, 0) is 37.5 Å². The third-order valence-corrected chi connectivity index (χ3v) is 3.58. The van der Waals surface area contributed by atoms with Crippen molar-refractivity contribution in [1.82, 2.24) is 5.32 Å². The highest BCUT2D eigenvalue weighted by Gasteiger charge is 2.27. The summed E-state index contributed by atoms with van der Waals surface area (Å²) in [5, 5.41) is 3.62. The van der Waals surface area contributed by atoms with E-state index in [9.17, 15) is 4.79 Å². The van der Waals surface area contributed by atoms with Gasteiger partial charge in [-0.2, -0.15) is 0 Å². The van der Waals surface area contributed by atoms with Crippen molar-refractivity contribution in [2.75, 3.05) is 0 Å². The maximum Gasteiger partial charge on any atom is 0.253 e. The fourth-order valence-electron chi connectivity index (χ4n) is 2.15. The van der Waals surface area contributed by atoms with E-state index in [1.165, 1.54) is 0 Å². The SMILES string of the molecule is CCCC(C)(Cc1ccc(Cl)cc1)NC(=O)C(Cl)Cl. The van der Waals surface area contributed by atoms with Gasteiger partial charge in [0.1, 0.15) is 0 Å². The van der Waals surface area contributed by atoms with Gasteiger partial charge in [0.15, 0.2) is 4.84 Å². The number of rotatable bonds is 6. The molecule has 0 saturated heterocycles. The molecule has 0 heterocycles. The Bertz CT molecular complexity index is 419. The van der Waals surface area contributed by atoms with Crippen molar-refractivity contribution in [3.8, 4) is 0 Å². The number of halogens is 3. The number of benzene rings is 1. The van der Waals surface area contributed by atoms with Crippen LogP contribution in [0.15, 0.2) is 24.3 Å². The van der Waals surface area contributed by atoms with Gasteiger partial charge in [-0.3, -0.25) is 4.79 Å². The van der Waals surface area contributed by atoms with Gasteiger partial charge in [0, 0.05) is 10.6 Å². The predicted octanol–water partition coefficient (Wildman–Crippen LogP) is 4.36. The van der Waals surface area contributed by atoms with Crippen molar-refractivity contribution in [3.63, 3.8) is 0 Å². The molecule has 0 fully saturated rings. The van der Waals surface area contributed by atoms with E-state index in [1.54, 1.807) is 0 Å². The van der Waals surface area contributed by atoms with Gasteiger partial charge in [-0.25, -0.2) is 0 Å². The second-order valence-electron chi connectivity index (χ2n) is 4.90. The Morgan fingerprint density at radius 1 is 1.32 bits per heavy atom. The van der Waals surface area contributed by atoms with Crippen LogP contribution in [0.3, 0.4) is 0 Å². The number of hydrogen-bond acceptors (Lipinski definition) is 1. The molecule has 106 valence electrons. The molecule has 0 radical (unpaired) electrons. The minimum Gasteiger partial charge on any atom is -0.348 e. The van der Waals surface area contributed by atoms with Gasteiger partial charge in [0.05, 0.1) is 0 Å². The maximum atomic E-state index is 11.7. The minimum absolute atomic E-state index is 0.353. The Hall–Kier alpha value is -0.440. The molecule has 0 bridgehead atoms. The largest absolute Gasteiger partial charge is 0.348 e. The molecule has 1 amide bonds. The molecule has 0 aliphatic heterocycles. The Morgan fingerprint density at radius 3 is 2.37 bits per heavy atom. The first kappa shape index (κ1) is 16.6. The van der Waals surface area contributed by atoms with Crippen molar-refractivity contribution >= 4 is 40.7 Å². The first-order chi connectivity index (χ1) is 8.86. The zero-order valence-corrected chi connectivity index (χ0v) is 13.3. The lowest BCUT2D eigenvalue weighted by Crippen LogP contribution is -2.49. The van der Waals surface area contributed by atoms with E-state index in [4.69, 9.17) is 34.8 Å². The van der Waals surface area contributed by atoms with Crippen LogP contribution in [0.1, 0.15) is 32.3 Å². The van der Waals surface area contributed by atoms with Gasteiger partial charge >= 0.3 is 0 Å². The number of amides is 1. The molecule has 2 nitrogen and oxygen atoms in total. The zero-order chi connectivity index (χ0) is 14.5. The summed E-state index contributed by atoms with van der Waals surface area (Å²) < 4.78 is 0. The first-order valence-electron chi connectivity index (χ1n) is 6.21. The molecule has 1 unspecified atom stereocenters. The molecule has 1 aromatic rings. The van der Waals surface area contributed by atoms with E-state index in [0.717, 1.165) is 18.4 Å². The van der Waals surface area contributed by atoms with E-state index in [-0.39, 0.29) is 11.4 Å². The van der Waals surface area contributed by atoms with E-state index in [0.29, 0.717) is 11.4 Å². The van der Waals surface area contributed by atoms with Crippen LogP contribution in [0.5, 0.6) is 0 Å². The number of carbonyl (C=O) groups is 1. The van der Waals surface area contributed by atoms with Gasteiger partial charge in [-0.15, -0.1) is 0 Å². The molecule has 0 aromatic heterocycles. The Kier molecular flexibility index (Phi) is 6.45. The molecule has 1 rings (SSSR count). The molecule has 1 N–H and O–H groups in total. The fraction of sp³-hybridized carbons (Fsp3) is 0.500. The molecule has 0 aliphatic carbocycles. The lowest BCUT2D eigenvalue weighted by atomic mass is 9.88. The molecule has 1 atom stereocenters. The maximum absolute atomic E-state index is 11.7. The fourth-order valence-corrected chi connectivity index (χ4v) is 2.39. The highest BCUT2D eigenvalue weighted by atomic mass is 35.5. The van der Waals surface area contributed by atoms with Crippen molar-refractivity contribution in [2.24, 2.45) is 0 Å². The van der Waals surface area contributed by atoms with E-state index < -0.39 is 4.84 Å². The number of alkyl halides is 2. The topological polar surface area (TPSA) is 29.1 Å². The van der Waals surface area contributed by atoms with E-state index in [2.05, 4.69) is 12.2 Å². The monoisotopic (exact) mass is 321 g/mol. The van der Waals surface area contributed by atoms with Gasteiger partial charge in [0.2, 0.25) is 0 Å². The summed E-state index contributed by atoms with van der Waals surface area (Å²) in [6.45, 7) is 4.07. The molecule has 1 aromatic carbocycles. The number of nitrogens with one attached hydrogen (secondary N) is 1. The minimum atomic E-state index is -1.04. The second-order valence-corrected chi connectivity index (χ2v) is 6.44. The van der Waals surface area contributed by atoms with Crippen LogP contribution in [-0.2, 0) is 11.2 Å². The molecule has 0 aliphatic rings. The molecule has 0 saturated carbocycles. The van der Waals surface area contributed by atoms with Crippen molar-refractivity contribution in [1.29, 1.82) is 0 Å². The molecule has 5 heteroatoms. The Balaban J connectivity index is 2.80. The summed E-state index contributed by atoms with van der Waals surface area (Å²) in [5.41, 5.74) is 0.753. The normalized spacial score (nSPS) is 14.2. The molecule has 19 heavy (non-hydrogen) atoms. The standard InChI is InChI=1S/C14H18Cl3NO/c1-3-8-14(2,18-13(19)12(16)17)9-10-4-6-11(15)7-5-10/h4-7,12H,3,8-9H2,1-2H3,(H,18,19). The highest BCUT2D eigenvalue weighted by Crippen LogP contribution is 2.21. The number of hydrogen-bond donors (Lipinski definition) is 1. The zero-order valence-electron chi connectivity index (χ0n) is 11.1. The smallest absolute Gasteiger partial charge is 0.253 e. The van der Waals surface area contributed by atoms with Crippen molar-refractivity contribution in [3.05, 3.63) is 34.9 Å².